The van der Waals surface area contributed by atoms with Gasteiger partial charge in [0.2, 0.25) is 0 Å². The van der Waals surface area contributed by atoms with Gasteiger partial charge in [-0.15, -0.1) is 0 Å². The zero-order chi connectivity index (χ0) is 23.7. The van der Waals surface area contributed by atoms with Crippen LogP contribution in [-0.4, -0.2) is 32.4 Å². The number of carboxylic acids is 1. The number of aromatic nitrogens is 1. The fourth-order valence-electron chi connectivity index (χ4n) is 4.47. The number of para-hydroxylation sites is 1. The number of pyridine rings is 1. The van der Waals surface area contributed by atoms with E-state index in [1.165, 1.54) is 12.1 Å². The first-order valence-electron chi connectivity index (χ1n) is 10.9. The Hall–Kier alpha value is -4.36. The van der Waals surface area contributed by atoms with E-state index in [0.29, 0.717) is 41.8 Å². The number of non-ortho nitro benzene ring substituents is 1. The highest BCUT2D eigenvalue weighted by atomic mass is 16.6. The molecular formula is C27H21N3O4. The molecule has 1 aliphatic heterocycles. The number of rotatable bonds is 5. The van der Waals surface area contributed by atoms with Crippen LogP contribution in [0.2, 0.25) is 0 Å². The first kappa shape index (κ1) is 21.5. The number of hydrogen-bond acceptors (Lipinski definition) is 5. The maximum absolute atomic E-state index is 12.4. The Labute approximate surface area is 195 Å². The molecule has 0 unspecified atom stereocenters. The number of hydrogen-bond donors (Lipinski definition) is 1. The molecule has 0 bridgehead atoms. The van der Waals surface area contributed by atoms with Crippen LogP contribution in [0.1, 0.15) is 32.7 Å². The summed E-state index contributed by atoms with van der Waals surface area (Å²) in [6.07, 6.45) is 1.94. The number of nitrogens with zero attached hydrogens (tertiary/aromatic N) is 3. The Balaban J connectivity index is 1.66. The van der Waals surface area contributed by atoms with Gasteiger partial charge in [0.1, 0.15) is 0 Å². The van der Waals surface area contributed by atoms with Gasteiger partial charge >= 0.3 is 5.97 Å². The molecule has 5 rings (SSSR count). The van der Waals surface area contributed by atoms with Gasteiger partial charge in [-0.2, -0.15) is 0 Å². The lowest BCUT2D eigenvalue weighted by atomic mass is 9.91. The molecule has 7 nitrogen and oxygen atoms in total. The molecule has 0 amide bonds. The lowest BCUT2D eigenvalue weighted by Crippen LogP contribution is -2.31. The van der Waals surface area contributed by atoms with E-state index in [9.17, 15) is 20.0 Å². The SMILES string of the molecule is O=C(O)c1c2c(nc3ccccc13)C(=Cc1ccc([N+](=O)[O-])cc1)CN(Cc1ccccc1)C2. The van der Waals surface area contributed by atoms with E-state index in [1.807, 2.05) is 54.6 Å². The molecule has 0 aliphatic carbocycles. The van der Waals surface area contributed by atoms with Crippen molar-refractivity contribution in [1.82, 2.24) is 9.88 Å². The Morgan fingerprint density at radius 3 is 2.41 bits per heavy atom. The van der Waals surface area contributed by atoms with Crippen molar-refractivity contribution in [3.05, 3.63) is 117 Å². The van der Waals surface area contributed by atoms with Crippen LogP contribution in [0.15, 0.2) is 78.9 Å². The van der Waals surface area contributed by atoms with Crippen LogP contribution in [0, 0.1) is 10.1 Å². The van der Waals surface area contributed by atoms with Crippen LogP contribution in [0.4, 0.5) is 5.69 Å². The highest BCUT2D eigenvalue weighted by Gasteiger charge is 2.28. The molecule has 0 spiro atoms. The topological polar surface area (TPSA) is 96.6 Å². The maximum atomic E-state index is 12.4. The van der Waals surface area contributed by atoms with E-state index < -0.39 is 10.9 Å². The average Bonchev–Trinajstić information content (AvgIpc) is 2.83. The van der Waals surface area contributed by atoms with Gasteiger partial charge in [-0.1, -0.05) is 48.5 Å². The lowest BCUT2D eigenvalue weighted by Gasteiger charge is -2.31. The Morgan fingerprint density at radius 1 is 1.00 bits per heavy atom. The monoisotopic (exact) mass is 451 g/mol. The van der Waals surface area contributed by atoms with Crippen molar-refractivity contribution in [2.45, 2.75) is 13.1 Å². The molecule has 0 atom stereocenters. The highest BCUT2D eigenvalue weighted by molar-refractivity contribution is 6.06. The maximum Gasteiger partial charge on any atom is 0.336 e. The summed E-state index contributed by atoms with van der Waals surface area (Å²) in [5.74, 6) is -0.980. The predicted octanol–water partition coefficient (Wildman–Crippen LogP) is 5.40. The van der Waals surface area contributed by atoms with E-state index in [2.05, 4.69) is 4.90 Å². The molecule has 0 fully saturated rings. The third kappa shape index (κ3) is 4.16. The van der Waals surface area contributed by atoms with Crippen molar-refractivity contribution in [1.29, 1.82) is 0 Å². The molecule has 0 saturated carbocycles. The molecule has 7 heteroatoms. The predicted molar refractivity (Wildman–Crippen MR) is 130 cm³/mol. The van der Waals surface area contributed by atoms with Gasteiger partial charge in [0.15, 0.2) is 0 Å². The summed E-state index contributed by atoms with van der Waals surface area (Å²) in [6.45, 7) is 1.69. The van der Waals surface area contributed by atoms with E-state index in [-0.39, 0.29) is 11.3 Å². The molecule has 1 aromatic heterocycles. The van der Waals surface area contributed by atoms with E-state index in [1.54, 1.807) is 18.2 Å². The number of nitro benzene ring substituents is 1. The number of carbonyl (C=O) groups is 1. The van der Waals surface area contributed by atoms with E-state index in [4.69, 9.17) is 4.98 Å². The first-order valence-corrected chi connectivity index (χ1v) is 10.9. The third-order valence-corrected chi connectivity index (χ3v) is 5.98. The molecule has 34 heavy (non-hydrogen) atoms. The fourth-order valence-corrected chi connectivity index (χ4v) is 4.47. The van der Waals surface area contributed by atoms with Gasteiger partial charge in [0.25, 0.3) is 5.69 Å². The van der Waals surface area contributed by atoms with E-state index in [0.717, 1.165) is 16.7 Å². The second-order valence-corrected chi connectivity index (χ2v) is 8.29. The van der Waals surface area contributed by atoms with Crippen LogP contribution in [0.3, 0.4) is 0 Å². The Kier molecular flexibility index (Phi) is 5.61. The molecule has 3 aromatic carbocycles. The van der Waals surface area contributed by atoms with Crippen molar-refractivity contribution < 1.29 is 14.8 Å². The van der Waals surface area contributed by atoms with Crippen molar-refractivity contribution in [3.8, 4) is 0 Å². The molecule has 0 saturated heterocycles. The normalized spacial score (nSPS) is 14.8. The minimum atomic E-state index is -0.980. The molecule has 1 N–H and O–H groups in total. The van der Waals surface area contributed by atoms with Crippen molar-refractivity contribution in [2.24, 2.45) is 0 Å². The largest absolute Gasteiger partial charge is 0.478 e. The quantitative estimate of drug-likeness (QED) is 0.322. The molecule has 1 aliphatic rings. The van der Waals surface area contributed by atoms with Crippen LogP contribution in [0.25, 0.3) is 22.6 Å². The zero-order valence-electron chi connectivity index (χ0n) is 18.2. The second-order valence-electron chi connectivity index (χ2n) is 8.29. The van der Waals surface area contributed by atoms with Crippen LogP contribution < -0.4 is 0 Å². The van der Waals surface area contributed by atoms with Gasteiger partial charge in [0, 0.05) is 42.7 Å². The van der Waals surface area contributed by atoms with Gasteiger partial charge < -0.3 is 5.11 Å². The zero-order valence-corrected chi connectivity index (χ0v) is 18.2. The van der Waals surface area contributed by atoms with E-state index >= 15 is 0 Å². The number of carboxylic acid groups (broad SMARTS) is 1. The Morgan fingerprint density at radius 2 is 1.71 bits per heavy atom. The molecule has 0 radical (unpaired) electrons. The summed E-state index contributed by atoms with van der Waals surface area (Å²) in [4.78, 5) is 30.0. The van der Waals surface area contributed by atoms with Crippen molar-refractivity contribution in [3.63, 3.8) is 0 Å². The van der Waals surface area contributed by atoms with Crippen LogP contribution in [-0.2, 0) is 13.1 Å². The van der Waals surface area contributed by atoms with Crippen LogP contribution in [0.5, 0.6) is 0 Å². The Bertz CT molecular complexity index is 1430. The number of nitro groups is 1. The number of fused-ring (bicyclic) bond motifs is 2. The smallest absolute Gasteiger partial charge is 0.336 e. The summed E-state index contributed by atoms with van der Waals surface area (Å²) in [5.41, 5.74) is 5.07. The number of aromatic carboxylic acids is 1. The molecule has 4 aromatic rings. The molecule has 168 valence electrons. The highest BCUT2D eigenvalue weighted by Crippen LogP contribution is 2.34. The standard InChI is InChI=1S/C27H21N3O4/c31-27(32)25-22-8-4-5-9-24(22)28-26-20(14-18-10-12-21(13-11-18)30(33)34)16-29(17-23(25)26)15-19-6-2-1-3-7-19/h1-14H,15-17H2,(H,31,32). The van der Waals surface area contributed by atoms with Gasteiger partial charge in [-0.05, 0) is 41.0 Å². The summed E-state index contributed by atoms with van der Waals surface area (Å²) in [7, 11) is 0. The fraction of sp³-hybridized carbons (Fsp3) is 0.111. The van der Waals surface area contributed by atoms with Gasteiger partial charge in [0.05, 0.1) is 21.7 Å². The van der Waals surface area contributed by atoms with Gasteiger partial charge in [-0.3, -0.25) is 15.0 Å². The van der Waals surface area contributed by atoms with Crippen LogP contribution >= 0.6 is 0 Å². The minimum absolute atomic E-state index is 0.0224. The lowest BCUT2D eigenvalue weighted by molar-refractivity contribution is -0.384. The summed E-state index contributed by atoms with van der Waals surface area (Å²) >= 11 is 0. The number of benzene rings is 3. The second kappa shape index (κ2) is 8.88. The third-order valence-electron chi connectivity index (χ3n) is 5.98. The minimum Gasteiger partial charge on any atom is -0.478 e. The average molecular weight is 451 g/mol. The summed E-state index contributed by atoms with van der Waals surface area (Å²) in [6, 6.07) is 23.6. The van der Waals surface area contributed by atoms with Crippen molar-refractivity contribution >= 4 is 34.2 Å². The van der Waals surface area contributed by atoms with Crippen molar-refractivity contribution in [2.75, 3.05) is 6.54 Å². The summed E-state index contributed by atoms with van der Waals surface area (Å²) < 4.78 is 0. The molecular weight excluding hydrogens is 430 g/mol. The summed E-state index contributed by atoms with van der Waals surface area (Å²) in [5, 5.41) is 21.8. The van der Waals surface area contributed by atoms with Gasteiger partial charge in [-0.25, -0.2) is 9.78 Å². The molecule has 2 heterocycles. The first-order chi connectivity index (χ1) is 16.5.